The van der Waals surface area contributed by atoms with Crippen molar-refractivity contribution in [1.29, 1.82) is 0 Å². The van der Waals surface area contributed by atoms with Gasteiger partial charge in [-0.3, -0.25) is 9.89 Å². The first kappa shape index (κ1) is 21.2. The highest BCUT2D eigenvalue weighted by atomic mass is 16.5. The van der Waals surface area contributed by atoms with Crippen molar-refractivity contribution in [3.8, 4) is 0 Å². The molecule has 0 amide bonds. The Labute approximate surface area is 148 Å². The number of rotatable bonds is 7. The lowest BCUT2D eigenvalue weighted by atomic mass is 9.89. The lowest BCUT2D eigenvalue weighted by molar-refractivity contribution is 0.00738. The summed E-state index contributed by atoms with van der Waals surface area (Å²) in [5.41, 5.74) is 0.0921. The van der Waals surface area contributed by atoms with Gasteiger partial charge in [0.25, 0.3) is 0 Å². The van der Waals surface area contributed by atoms with Gasteiger partial charge in [0.15, 0.2) is 5.96 Å². The van der Waals surface area contributed by atoms with E-state index < -0.39 is 0 Å². The Bertz CT molecular complexity index is 374. The minimum Gasteiger partial charge on any atom is -0.379 e. The molecule has 0 spiro atoms. The molecule has 142 valence electrons. The second kappa shape index (κ2) is 10.2. The van der Waals surface area contributed by atoms with Crippen molar-refractivity contribution in [1.82, 2.24) is 15.5 Å². The third-order valence-corrected chi connectivity index (χ3v) is 4.69. The molecule has 1 saturated heterocycles. The second-order valence-electron chi connectivity index (χ2n) is 7.88. The predicted octanol–water partition coefficient (Wildman–Crippen LogP) is 1.57. The Hall–Kier alpha value is -0.850. The van der Waals surface area contributed by atoms with Crippen molar-refractivity contribution in [3.05, 3.63) is 0 Å². The SMILES string of the molecule is CN=C(NCC(C(C)C)N1CCOCC1)NCC(OC)C(C)(C)C. The number of methoxy groups -OCH3 is 1. The van der Waals surface area contributed by atoms with Gasteiger partial charge in [-0.1, -0.05) is 34.6 Å². The van der Waals surface area contributed by atoms with E-state index in [-0.39, 0.29) is 11.5 Å². The topological polar surface area (TPSA) is 58.1 Å². The molecule has 1 fully saturated rings. The third kappa shape index (κ3) is 6.95. The van der Waals surface area contributed by atoms with E-state index in [0.717, 1.165) is 45.4 Å². The standard InChI is InChI=1S/C18H38N4O2/c1-14(2)15(22-8-10-24-11-9-22)12-20-17(19-6)21-13-16(23-7)18(3,4)5/h14-16H,8-13H2,1-7H3,(H2,19,20,21). The molecule has 0 aromatic rings. The normalized spacial score (nSPS) is 20.1. The van der Waals surface area contributed by atoms with E-state index in [4.69, 9.17) is 9.47 Å². The average molecular weight is 343 g/mol. The van der Waals surface area contributed by atoms with Gasteiger partial charge in [0.05, 0.1) is 19.3 Å². The molecule has 0 bridgehead atoms. The van der Waals surface area contributed by atoms with Crippen molar-refractivity contribution in [2.45, 2.75) is 46.8 Å². The number of nitrogens with one attached hydrogen (secondary N) is 2. The quantitative estimate of drug-likeness (QED) is 0.543. The van der Waals surface area contributed by atoms with Gasteiger partial charge < -0.3 is 20.1 Å². The third-order valence-electron chi connectivity index (χ3n) is 4.69. The van der Waals surface area contributed by atoms with E-state index in [0.29, 0.717) is 12.0 Å². The Morgan fingerprint density at radius 3 is 2.21 bits per heavy atom. The minimum absolute atomic E-state index is 0.0921. The van der Waals surface area contributed by atoms with Gasteiger partial charge in [-0.15, -0.1) is 0 Å². The van der Waals surface area contributed by atoms with Gasteiger partial charge in [0.2, 0.25) is 0 Å². The van der Waals surface area contributed by atoms with Crippen LogP contribution in [0.1, 0.15) is 34.6 Å². The summed E-state index contributed by atoms with van der Waals surface area (Å²) < 4.78 is 11.1. The smallest absolute Gasteiger partial charge is 0.191 e. The van der Waals surface area contributed by atoms with Crippen LogP contribution in [0, 0.1) is 11.3 Å². The number of morpholine rings is 1. The Kier molecular flexibility index (Phi) is 9.02. The molecule has 6 heteroatoms. The number of hydrogen-bond donors (Lipinski definition) is 2. The van der Waals surface area contributed by atoms with Crippen LogP contribution in [0.4, 0.5) is 0 Å². The first-order chi connectivity index (χ1) is 11.3. The van der Waals surface area contributed by atoms with Crippen LogP contribution in [-0.2, 0) is 9.47 Å². The molecule has 0 aromatic heterocycles. The molecule has 1 rings (SSSR count). The summed E-state index contributed by atoms with van der Waals surface area (Å²) in [5.74, 6) is 1.41. The number of aliphatic imine (C=N–C) groups is 1. The largest absolute Gasteiger partial charge is 0.379 e. The minimum atomic E-state index is 0.0921. The molecule has 1 aliphatic rings. The Morgan fingerprint density at radius 2 is 1.75 bits per heavy atom. The Morgan fingerprint density at radius 1 is 1.17 bits per heavy atom. The van der Waals surface area contributed by atoms with E-state index in [1.807, 2.05) is 7.05 Å². The molecule has 0 saturated carbocycles. The van der Waals surface area contributed by atoms with Crippen molar-refractivity contribution in [2.24, 2.45) is 16.3 Å². The predicted molar refractivity (Wildman–Crippen MR) is 101 cm³/mol. The van der Waals surface area contributed by atoms with E-state index in [1.54, 1.807) is 7.11 Å². The fraction of sp³-hybridized carbons (Fsp3) is 0.944. The zero-order valence-electron chi connectivity index (χ0n) is 16.7. The lowest BCUT2D eigenvalue weighted by Gasteiger charge is -2.37. The van der Waals surface area contributed by atoms with Gasteiger partial charge in [0, 0.05) is 46.4 Å². The van der Waals surface area contributed by atoms with Crippen molar-refractivity contribution in [2.75, 3.05) is 53.6 Å². The summed E-state index contributed by atoms with van der Waals surface area (Å²) in [5, 5.41) is 6.87. The monoisotopic (exact) mass is 342 g/mol. The molecule has 24 heavy (non-hydrogen) atoms. The molecule has 0 radical (unpaired) electrons. The van der Waals surface area contributed by atoms with E-state index in [2.05, 4.69) is 55.1 Å². The lowest BCUT2D eigenvalue weighted by Crippen LogP contribution is -2.53. The molecule has 6 nitrogen and oxygen atoms in total. The fourth-order valence-corrected chi connectivity index (χ4v) is 3.05. The van der Waals surface area contributed by atoms with Crippen LogP contribution in [0.3, 0.4) is 0 Å². The van der Waals surface area contributed by atoms with Crippen LogP contribution in [0.2, 0.25) is 0 Å². The number of nitrogens with zero attached hydrogens (tertiary/aromatic N) is 2. The van der Waals surface area contributed by atoms with Gasteiger partial charge in [0.1, 0.15) is 0 Å². The van der Waals surface area contributed by atoms with Gasteiger partial charge >= 0.3 is 0 Å². The summed E-state index contributed by atoms with van der Waals surface area (Å²) in [4.78, 5) is 6.86. The van der Waals surface area contributed by atoms with Crippen LogP contribution < -0.4 is 10.6 Å². The maximum Gasteiger partial charge on any atom is 0.191 e. The highest BCUT2D eigenvalue weighted by Gasteiger charge is 2.26. The van der Waals surface area contributed by atoms with Gasteiger partial charge in [-0.05, 0) is 11.3 Å². The van der Waals surface area contributed by atoms with Gasteiger partial charge in [-0.25, -0.2) is 0 Å². The summed E-state index contributed by atoms with van der Waals surface area (Å²) in [6, 6.07) is 0.480. The maximum atomic E-state index is 5.60. The van der Waals surface area contributed by atoms with Crippen LogP contribution >= 0.6 is 0 Å². The van der Waals surface area contributed by atoms with Crippen molar-refractivity contribution >= 4 is 5.96 Å². The van der Waals surface area contributed by atoms with Crippen LogP contribution in [-0.4, -0.2) is 76.6 Å². The zero-order chi connectivity index (χ0) is 18.2. The van der Waals surface area contributed by atoms with Crippen LogP contribution in [0.25, 0.3) is 0 Å². The number of hydrogen-bond acceptors (Lipinski definition) is 4. The van der Waals surface area contributed by atoms with Crippen molar-refractivity contribution in [3.63, 3.8) is 0 Å². The molecule has 1 heterocycles. The van der Waals surface area contributed by atoms with Crippen molar-refractivity contribution < 1.29 is 9.47 Å². The highest BCUT2D eigenvalue weighted by molar-refractivity contribution is 5.79. The molecule has 0 aliphatic carbocycles. The summed E-state index contributed by atoms with van der Waals surface area (Å²) >= 11 is 0. The van der Waals surface area contributed by atoms with Crippen LogP contribution in [0.5, 0.6) is 0 Å². The molecule has 2 unspecified atom stereocenters. The Balaban J connectivity index is 2.51. The summed E-state index contributed by atoms with van der Waals surface area (Å²) in [7, 11) is 3.58. The molecular weight excluding hydrogens is 304 g/mol. The maximum absolute atomic E-state index is 5.60. The van der Waals surface area contributed by atoms with E-state index >= 15 is 0 Å². The summed E-state index contributed by atoms with van der Waals surface area (Å²) in [6.45, 7) is 16.4. The zero-order valence-corrected chi connectivity index (χ0v) is 16.7. The first-order valence-corrected chi connectivity index (χ1v) is 9.08. The first-order valence-electron chi connectivity index (χ1n) is 9.08. The van der Waals surface area contributed by atoms with E-state index in [9.17, 15) is 0 Å². The highest BCUT2D eigenvalue weighted by Crippen LogP contribution is 2.20. The molecule has 0 aromatic carbocycles. The number of guanidine groups is 1. The van der Waals surface area contributed by atoms with E-state index in [1.165, 1.54) is 0 Å². The number of ether oxygens (including phenoxy) is 2. The van der Waals surface area contributed by atoms with Crippen LogP contribution in [0.15, 0.2) is 4.99 Å². The second-order valence-corrected chi connectivity index (χ2v) is 7.88. The molecule has 1 aliphatic heterocycles. The fourth-order valence-electron chi connectivity index (χ4n) is 3.05. The molecular formula is C18H38N4O2. The summed E-state index contributed by atoms with van der Waals surface area (Å²) in [6.07, 6.45) is 0.135. The molecule has 2 N–H and O–H groups in total. The van der Waals surface area contributed by atoms with Gasteiger partial charge in [-0.2, -0.15) is 0 Å². The molecule has 2 atom stereocenters. The average Bonchev–Trinajstić information content (AvgIpc) is 2.53.